The Morgan fingerprint density at radius 1 is 1.25 bits per heavy atom. The monoisotopic (exact) mass is 565 g/mol. The molecule has 2 aliphatic heterocycles. The van der Waals surface area contributed by atoms with E-state index >= 15 is 0 Å². The first-order valence-corrected chi connectivity index (χ1v) is 15.0. The van der Waals surface area contributed by atoms with Crippen LogP contribution in [0.5, 0.6) is 0 Å². The number of aliphatic hydroxyl groups is 1. The van der Waals surface area contributed by atoms with E-state index in [-0.39, 0.29) is 23.4 Å². The van der Waals surface area contributed by atoms with E-state index in [1.54, 1.807) is 13.2 Å². The Morgan fingerprint density at radius 3 is 2.35 bits per heavy atom. The predicted molar refractivity (Wildman–Crippen MR) is 164 cm³/mol. The number of fused-ring (bicyclic) bond motifs is 1. The van der Waals surface area contributed by atoms with E-state index < -0.39 is 17.1 Å². The third-order valence-electron chi connectivity index (χ3n) is 7.51. The average molecular weight is 566 g/mol. The van der Waals surface area contributed by atoms with Gasteiger partial charge in [0.2, 0.25) is 0 Å². The number of esters is 1. The van der Waals surface area contributed by atoms with Gasteiger partial charge in [-0.3, -0.25) is 14.5 Å². The minimum atomic E-state index is -0.850. The molecule has 4 atom stereocenters. The van der Waals surface area contributed by atoms with Crippen LogP contribution >= 0.6 is 0 Å². The molecule has 1 aliphatic carbocycles. The molecule has 40 heavy (non-hydrogen) atoms. The lowest BCUT2D eigenvalue weighted by Crippen LogP contribution is -2.50. The minimum absolute atomic E-state index is 0.0574. The van der Waals surface area contributed by atoms with Crippen LogP contribution in [-0.4, -0.2) is 71.9 Å². The van der Waals surface area contributed by atoms with Gasteiger partial charge in [0.05, 0.1) is 18.6 Å². The lowest BCUT2D eigenvalue weighted by atomic mass is 9.67. The molecule has 2 saturated heterocycles. The van der Waals surface area contributed by atoms with Crippen molar-refractivity contribution in [3.63, 3.8) is 0 Å². The van der Waals surface area contributed by atoms with Gasteiger partial charge < -0.3 is 19.3 Å². The Hall–Kier alpha value is -1.96. The normalized spacial score (nSPS) is 28.6. The molecule has 3 aliphatic rings. The summed E-state index contributed by atoms with van der Waals surface area (Å²) in [6.45, 7) is 27.4. The molecule has 1 spiro atoms. The summed E-state index contributed by atoms with van der Waals surface area (Å²) in [5, 5.41) is 11.6. The topological polar surface area (TPSA) is 85.3 Å². The Kier molecular flexibility index (Phi) is 16.9. The summed E-state index contributed by atoms with van der Waals surface area (Å²) in [7, 11) is 1.56. The third kappa shape index (κ3) is 10.5. The van der Waals surface area contributed by atoms with Crippen molar-refractivity contribution in [1.29, 1.82) is 0 Å². The fourth-order valence-corrected chi connectivity index (χ4v) is 5.69. The Labute approximate surface area is 245 Å². The van der Waals surface area contributed by atoms with E-state index in [0.717, 1.165) is 37.9 Å². The van der Waals surface area contributed by atoms with Crippen molar-refractivity contribution < 1.29 is 28.9 Å². The van der Waals surface area contributed by atoms with Crippen LogP contribution in [0.3, 0.4) is 0 Å². The fourth-order valence-electron chi connectivity index (χ4n) is 5.69. The van der Waals surface area contributed by atoms with Gasteiger partial charge in [-0.15, -0.1) is 6.58 Å². The minimum Gasteiger partial charge on any atom is -0.482 e. The van der Waals surface area contributed by atoms with Gasteiger partial charge in [-0.2, -0.15) is 0 Å². The smallest absolute Gasteiger partial charge is 0.308 e. The zero-order chi connectivity index (χ0) is 31.1. The zero-order valence-electron chi connectivity index (χ0n) is 27.2. The maximum atomic E-state index is 12.7. The van der Waals surface area contributed by atoms with Crippen LogP contribution in [0.25, 0.3) is 0 Å². The van der Waals surface area contributed by atoms with Gasteiger partial charge >= 0.3 is 5.97 Å². The number of carbonyl (C=O) groups excluding carboxylic acids is 2. The predicted octanol–water partition coefficient (Wildman–Crippen LogP) is 6.79. The van der Waals surface area contributed by atoms with Crippen molar-refractivity contribution >= 4 is 11.8 Å². The highest BCUT2D eigenvalue weighted by Crippen LogP contribution is 2.57. The summed E-state index contributed by atoms with van der Waals surface area (Å²) in [6, 6.07) is 0.0574. The number of carbonyl (C=O) groups is 2. The maximum Gasteiger partial charge on any atom is 0.308 e. The number of likely N-dealkylation sites (tertiary alicyclic amines) is 1. The molecule has 0 aromatic rings. The SMILES string of the molecule is C=C1O[C@@H]2C(=O)CCC3(O)CC2(CCN(CCCC)C3C)/C1=C\C.C=CC.CC.COCCC(=O)OC(C)(C)C. The number of methoxy groups -OCH3 is 1. The van der Waals surface area contributed by atoms with Gasteiger partial charge in [0.1, 0.15) is 11.4 Å². The van der Waals surface area contributed by atoms with Gasteiger partial charge in [-0.05, 0) is 85.9 Å². The van der Waals surface area contributed by atoms with Crippen LogP contribution in [0.1, 0.15) is 107 Å². The fraction of sp³-hybridized carbons (Fsp3) is 0.758. The maximum absolute atomic E-state index is 12.7. The van der Waals surface area contributed by atoms with E-state index in [4.69, 9.17) is 14.2 Å². The van der Waals surface area contributed by atoms with Crippen molar-refractivity contribution in [1.82, 2.24) is 4.90 Å². The third-order valence-corrected chi connectivity index (χ3v) is 7.51. The van der Waals surface area contributed by atoms with Crippen molar-refractivity contribution in [2.24, 2.45) is 5.41 Å². The highest BCUT2D eigenvalue weighted by Gasteiger charge is 2.61. The number of allylic oxidation sites excluding steroid dienone is 3. The standard InChI is InChI=1S/C20H31NO3.C8H16O3.C3H6.C2H6/c1-5-7-11-21-12-10-19-13-20(23,15(21)4)9-8-17(22)18(19)24-14(3)16(19)6-2;1-8(2,3)11-7(9)5-6-10-4;1-3-2;1-2/h6,15,18,23H,3,5,7-13H2,1-2,4H3;5-6H2,1-4H3;3H,1H2,2H3;1-2H3/b16-6-;;;/t15?,18-,19?,20?;;;/m1.../s1. The number of hydrogen-bond donors (Lipinski definition) is 1. The molecule has 2 heterocycles. The van der Waals surface area contributed by atoms with Gasteiger partial charge in [0, 0.05) is 25.0 Å². The van der Waals surface area contributed by atoms with Crippen LogP contribution in [0.4, 0.5) is 0 Å². The van der Waals surface area contributed by atoms with Crippen molar-refractivity contribution in [3.05, 3.63) is 36.6 Å². The second kappa shape index (κ2) is 17.8. The van der Waals surface area contributed by atoms with Crippen molar-refractivity contribution in [3.8, 4) is 0 Å². The zero-order valence-corrected chi connectivity index (χ0v) is 27.2. The molecule has 3 fully saturated rings. The highest BCUT2D eigenvalue weighted by molar-refractivity contribution is 5.86. The average Bonchev–Trinajstić information content (AvgIpc) is 3.04. The molecule has 2 bridgehead atoms. The van der Waals surface area contributed by atoms with E-state index in [9.17, 15) is 14.7 Å². The summed E-state index contributed by atoms with van der Waals surface area (Å²) in [5.74, 6) is 0.534. The van der Waals surface area contributed by atoms with Crippen molar-refractivity contribution in [2.75, 3.05) is 26.8 Å². The Bertz CT molecular complexity index is 844. The van der Waals surface area contributed by atoms with Crippen molar-refractivity contribution in [2.45, 2.75) is 131 Å². The number of ether oxygens (including phenoxy) is 3. The number of ketones is 1. The summed E-state index contributed by atoms with van der Waals surface area (Å²) in [4.78, 5) is 26.1. The van der Waals surface area contributed by atoms with Gasteiger partial charge in [-0.1, -0.05) is 45.9 Å². The van der Waals surface area contributed by atoms with E-state index in [1.807, 2.05) is 54.5 Å². The first kappa shape index (κ1) is 38.0. The molecule has 0 radical (unpaired) electrons. The van der Waals surface area contributed by atoms with Gasteiger partial charge in [0.15, 0.2) is 11.9 Å². The van der Waals surface area contributed by atoms with Gasteiger partial charge in [0.25, 0.3) is 0 Å². The molecule has 1 N–H and O–H groups in total. The van der Waals surface area contributed by atoms with Crippen LogP contribution in [-0.2, 0) is 23.8 Å². The second-order valence-electron chi connectivity index (χ2n) is 11.6. The molecule has 3 rings (SSSR count). The Balaban J connectivity index is 0.000000800. The molecule has 0 aromatic heterocycles. The number of nitrogens with zero attached hydrogens (tertiary/aromatic N) is 1. The molecule has 1 saturated carbocycles. The molecule has 0 amide bonds. The lowest BCUT2D eigenvalue weighted by Gasteiger charge is -2.40. The number of rotatable bonds is 6. The number of unbranched alkanes of at least 4 members (excludes halogenated alkanes) is 1. The molecular weight excluding hydrogens is 506 g/mol. The number of Topliss-reactive ketones (excluding diaryl/α,β-unsaturated/α-hetero) is 1. The molecule has 0 aromatic carbocycles. The van der Waals surface area contributed by atoms with E-state index in [1.165, 1.54) is 0 Å². The van der Waals surface area contributed by atoms with Gasteiger partial charge in [-0.25, -0.2) is 0 Å². The summed E-state index contributed by atoms with van der Waals surface area (Å²) in [6.07, 6.45) is 8.28. The second-order valence-corrected chi connectivity index (χ2v) is 11.6. The quantitative estimate of drug-likeness (QED) is 0.280. The highest BCUT2D eigenvalue weighted by atomic mass is 16.6. The molecule has 7 nitrogen and oxygen atoms in total. The van der Waals surface area contributed by atoms with E-state index in [2.05, 4.69) is 31.9 Å². The first-order chi connectivity index (χ1) is 18.7. The lowest BCUT2D eigenvalue weighted by molar-refractivity contribution is -0.155. The molecule has 7 heteroatoms. The summed E-state index contributed by atoms with van der Waals surface area (Å²) in [5.41, 5.74) is -0.615. The van der Waals surface area contributed by atoms with Crippen LogP contribution in [0, 0.1) is 5.41 Å². The Morgan fingerprint density at radius 2 is 1.85 bits per heavy atom. The van der Waals surface area contributed by atoms with Crippen LogP contribution in [0.2, 0.25) is 0 Å². The van der Waals surface area contributed by atoms with Crippen LogP contribution in [0.15, 0.2) is 36.6 Å². The first-order valence-electron chi connectivity index (χ1n) is 15.0. The van der Waals surface area contributed by atoms with Crippen LogP contribution < -0.4 is 0 Å². The molecular formula is C33H59NO6. The summed E-state index contributed by atoms with van der Waals surface area (Å²) >= 11 is 0. The molecule has 232 valence electrons. The largest absolute Gasteiger partial charge is 0.482 e. The van der Waals surface area contributed by atoms with E-state index in [0.29, 0.717) is 38.0 Å². The number of hydrogen-bond acceptors (Lipinski definition) is 7. The summed E-state index contributed by atoms with van der Waals surface area (Å²) < 4.78 is 15.7. The molecule has 3 unspecified atom stereocenters.